The van der Waals surface area contributed by atoms with Gasteiger partial charge in [0.15, 0.2) is 0 Å². The zero-order valence-electron chi connectivity index (χ0n) is 10.5. The number of fused-ring (bicyclic) bond motifs is 1. The molecule has 0 radical (unpaired) electrons. The number of aromatic nitrogens is 4. The van der Waals surface area contributed by atoms with E-state index in [1.54, 1.807) is 6.20 Å². The molecule has 18 heavy (non-hydrogen) atoms. The summed E-state index contributed by atoms with van der Waals surface area (Å²) in [6.07, 6.45) is 5.75. The molecular weight excluding hydrogens is 226 g/mol. The van der Waals surface area contributed by atoms with Crippen molar-refractivity contribution in [2.24, 2.45) is 0 Å². The molecule has 0 saturated heterocycles. The molecule has 0 bridgehead atoms. The third kappa shape index (κ3) is 1.55. The smallest absolute Gasteiger partial charge is 0.139 e. The Morgan fingerprint density at radius 3 is 2.83 bits per heavy atom. The molecule has 0 unspecified atom stereocenters. The lowest BCUT2D eigenvalue weighted by Gasteiger charge is -1.98. The van der Waals surface area contributed by atoms with Gasteiger partial charge in [0.25, 0.3) is 0 Å². The van der Waals surface area contributed by atoms with Crippen LogP contribution in [0.1, 0.15) is 12.5 Å². The maximum absolute atomic E-state index is 6.15. The van der Waals surface area contributed by atoms with E-state index in [9.17, 15) is 0 Å². The summed E-state index contributed by atoms with van der Waals surface area (Å²) >= 11 is 0. The van der Waals surface area contributed by atoms with Crippen LogP contribution in [0.15, 0.2) is 30.7 Å². The largest absolute Gasteiger partial charge is 0.383 e. The van der Waals surface area contributed by atoms with Crippen LogP contribution in [0.4, 0.5) is 5.82 Å². The van der Waals surface area contributed by atoms with Gasteiger partial charge in [0.2, 0.25) is 0 Å². The molecule has 0 aliphatic heterocycles. The monoisotopic (exact) mass is 241 g/mol. The van der Waals surface area contributed by atoms with Gasteiger partial charge in [-0.2, -0.15) is 5.10 Å². The number of nitrogens with two attached hydrogens (primary N) is 1. The third-order valence-electron chi connectivity index (χ3n) is 3.03. The predicted octanol–water partition coefficient (Wildman–Crippen LogP) is 2.11. The summed E-state index contributed by atoms with van der Waals surface area (Å²) in [6, 6.07) is 4.00. The SMILES string of the molecule is CCn1cc(-c2nc3ccc(C)cn3c2N)cn1. The first-order chi connectivity index (χ1) is 8.69. The molecule has 0 aromatic carbocycles. The van der Waals surface area contributed by atoms with E-state index in [1.165, 1.54) is 0 Å². The zero-order valence-corrected chi connectivity index (χ0v) is 10.5. The van der Waals surface area contributed by atoms with E-state index in [1.807, 2.05) is 47.5 Å². The van der Waals surface area contributed by atoms with Gasteiger partial charge >= 0.3 is 0 Å². The van der Waals surface area contributed by atoms with Crippen molar-refractivity contribution in [2.45, 2.75) is 20.4 Å². The molecule has 3 aromatic rings. The van der Waals surface area contributed by atoms with Crippen LogP contribution in [0.5, 0.6) is 0 Å². The van der Waals surface area contributed by atoms with Crippen LogP contribution < -0.4 is 5.73 Å². The number of anilines is 1. The Morgan fingerprint density at radius 1 is 1.28 bits per heavy atom. The zero-order chi connectivity index (χ0) is 12.7. The number of nitrogens with zero attached hydrogens (tertiary/aromatic N) is 4. The lowest BCUT2D eigenvalue weighted by molar-refractivity contribution is 0.660. The maximum Gasteiger partial charge on any atom is 0.139 e. The Kier molecular flexibility index (Phi) is 2.33. The molecule has 0 aliphatic carbocycles. The van der Waals surface area contributed by atoms with Crippen molar-refractivity contribution in [1.82, 2.24) is 19.2 Å². The first-order valence-electron chi connectivity index (χ1n) is 5.96. The van der Waals surface area contributed by atoms with Gasteiger partial charge in [0.05, 0.1) is 6.20 Å². The molecule has 0 atom stereocenters. The first-order valence-corrected chi connectivity index (χ1v) is 5.96. The Hall–Kier alpha value is -2.30. The number of imidazole rings is 1. The minimum atomic E-state index is 0.657. The minimum absolute atomic E-state index is 0.657. The van der Waals surface area contributed by atoms with E-state index in [0.717, 1.165) is 29.0 Å². The summed E-state index contributed by atoms with van der Waals surface area (Å²) in [5.41, 5.74) is 9.91. The second kappa shape index (κ2) is 3.87. The van der Waals surface area contributed by atoms with E-state index in [-0.39, 0.29) is 0 Å². The molecule has 5 heteroatoms. The van der Waals surface area contributed by atoms with Crippen molar-refractivity contribution in [1.29, 1.82) is 0 Å². The van der Waals surface area contributed by atoms with E-state index in [4.69, 9.17) is 5.73 Å². The van der Waals surface area contributed by atoms with Crippen molar-refractivity contribution in [3.63, 3.8) is 0 Å². The summed E-state index contributed by atoms with van der Waals surface area (Å²) in [7, 11) is 0. The van der Waals surface area contributed by atoms with Crippen LogP contribution in [-0.4, -0.2) is 19.2 Å². The molecule has 92 valence electrons. The van der Waals surface area contributed by atoms with E-state index >= 15 is 0 Å². The van der Waals surface area contributed by atoms with Gasteiger partial charge in [-0.25, -0.2) is 4.98 Å². The summed E-state index contributed by atoms with van der Waals surface area (Å²) < 4.78 is 3.78. The first kappa shape index (κ1) is 10.8. The topological polar surface area (TPSA) is 61.1 Å². The maximum atomic E-state index is 6.15. The fraction of sp³-hybridized carbons (Fsp3) is 0.231. The predicted molar refractivity (Wildman–Crippen MR) is 71.2 cm³/mol. The Balaban J connectivity index is 2.20. The Labute approximate surface area is 105 Å². The van der Waals surface area contributed by atoms with Gasteiger partial charge < -0.3 is 5.73 Å². The van der Waals surface area contributed by atoms with Gasteiger partial charge in [-0.15, -0.1) is 0 Å². The Morgan fingerprint density at radius 2 is 2.11 bits per heavy atom. The highest BCUT2D eigenvalue weighted by molar-refractivity contribution is 5.74. The highest BCUT2D eigenvalue weighted by Gasteiger charge is 2.12. The molecule has 0 spiro atoms. The average molecular weight is 241 g/mol. The van der Waals surface area contributed by atoms with Crippen LogP contribution >= 0.6 is 0 Å². The molecule has 5 nitrogen and oxygen atoms in total. The summed E-state index contributed by atoms with van der Waals surface area (Å²) in [5, 5.41) is 4.25. The van der Waals surface area contributed by atoms with Gasteiger partial charge in [0, 0.05) is 24.5 Å². The van der Waals surface area contributed by atoms with Crippen molar-refractivity contribution in [3.05, 3.63) is 36.3 Å². The van der Waals surface area contributed by atoms with Crippen molar-refractivity contribution in [3.8, 4) is 11.3 Å². The van der Waals surface area contributed by atoms with Gasteiger partial charge in [0.1, 0.15) is 17.2 Å². The second-order valence-electron chi connectivity index (χ2n) is 4.37. The second-order valence-corrected chi connectivity index (χ2v) is 4.37. The molecule has 3 rings (SSSR count). The number of aryl methyl sites for hydroxylation is 2. The molecular formula is C13H15N5. The van der Waals surface area contributed by atoms with Crippen molar-refractivity contribution in [2.75, 3.05) is 5.73 Å². The van der Waals surface area contributed by atoms with Crippen molar-refractivity contribution >= 4 is 11.5 Å². The number of nitrogen functional groups attached to an aromatic ring is 1. The lowest BCUT2D eigenvalue weighted by Crippen LogP contribution is -1.94. The highest BCUT2D eigenvalue weighted by atomic mass is 15.3. The lowest BCUT2D eigenvalue weighted by atomic mass is 10.2. The molecule has 0 saturated carbocycles. The number of rotatable bonds is 2. The number of hydrogen-bond acceptors (Lipinski definition) is 3. The Bertz CT molecular complexity index is 707. The normalized spacial score (nSPS) is 11.2. The summed E-state index contributed by atoms with van der Waals surface area (Å²) in [4.78, 5) is 4.56. The molecule has 0 fully saturated rings. The summed E-state index contributed by atoms with van der Waals surface area (Å²) in [5.74, 6) is 0.657. The van der Waals surface area contributed by atoms with Crippen LogP contribution in [0.3, 0.4) is 0 Å². The van der Waals surface area contributed by atoms with Crippen LogP contribution in [0, 0.1) is 6.92 Å². The fourth-order valence-corrected chi connectivity index (χ4v) is 2.04. The molecule has 0 amide bonds. The molecule has 3 aromatic heterocycles. The quantitative estimate of drug-likeness (QED) is 0.747. The van der Waals surface area contributed by atoms with E-state index in [0.29, 0.717) is 5.82 Å². The van der Waals surface area contributed by atoms with Gasteiger partial charge in [-0.3, -0.25) is 9.08 Å². The van der Waals surface area contributed by atoms with Crippen LogP contribution in [0.25, 0.3) is 16.9 Å². The average Bonchev–Trinajstić information content (AvgIpc) is 2.95. The van der Waals surface area contributed by atoms with Gasteiger partial charge in [-0.1, -0.05) is 6.07 Å². The van der Waals surface area contributed by atoms with Gasteiger partial charge in [-0.05, 0) is 25.5 Å². The van der Waals surface area contributed by atoms with Crippen molar-refractivity contribution < 1.29 is 0 Å². The highest BCUT2D eigenvalue weighted by Crippen LogP contribution is 2.26. The summed E-state index contributed by atoms with van der Waals surface area (Å²) in [6.45, 7) is 4.92. The van der Waals surface area contributed by atoms with E-state index in [2.05, 4.69) is 10.1 Å². The molecule has 0 aliphatic rings. The molecule has 2 N–H and O–H groups in total. The number of pyridine rings is 1. The molecule has 3 heterocycles. The van der Waals surface area contributed by atoms with Crippen LogP contribution in [0.2, 0.25) is 0 Å². The number of hydrogen-bond donors (Lipinski definition) is 1. The minimum Gasteiger partial charge on any atom is -0.383 e. The standard InChI is InChI=1S/C13H15N5/c1-3-17-8-10(6-15-17)12-13(14)18-7-9(2)4-5-11(18)16-12/h4-8H,3,14H2,1-2H3. The van der Waals surface area contributed by atoms with E-state index < -0.39 is 0 Å². The fourth-order valence-electron chi connectivity index (χ4n) is 2.04. The van der Waals surface area contributed by atoms with Crippen LogP contribution in [-0.2, 0) is 6.54 Å². The third-order valence-corrected chi connectivity index (χ3v) is 3.03.